The Morgan fingerprint density at radius 2 is 1.90 bits per heavy atom. The van der Waals surface area contributed by atoms with Crippen LogP contribution in [0.3, 0.4) is 0 Å². The van der Waals surface area contributed by atoms with Gasteiger partial charge in [0.05, 0.1) is 6.20 Å². The van der Waals surface area contributed by atoms with E-state index in [1.54, 1.807) is 4.57 Å². The summed E-state index contributed by atoms with van der Waals surface area (Å²) in [5, 5.41) is 14.8. The molecule has 3 aromatic rings. The Morgan fingerprint density at radius 1 is 1.19 bits per heavy atom. The summed E-state index contributed by atoms with van der Waals surface area (Å²) in [5.74, 6) is -3.84. The van der Waals surface area contributed by atoms with Gasteiger partial charge < -0.3 is 15.7 Å². The number of carbonyl (C=O) groups is 1. The highest BCUT2D eigenvalue weighted by molar-refractivity contribution is 5.77. The van der Waals surface area contributed by atoms with Crippen molar-refractivity contribution in [1.29, 1.82) is 0 Å². The second kappa shape index (κ2) is 9.63. The molecule has 3 N–H and O–H groups in total. The second-order valence-corrected chi connectivity index (χ2v) is 7.00. The number of carboxylic acid groups (broad SMARTS) is 1. The van der Waals surface area contributed by atoms with E-state index in [1.165, 1.54) is 6.20 Å². The number of nitrogens with one attached hydrogen (secondary N) is 2. The highest BCUT2D eigenvalue weighted by Gasteiger charge is 2.23. The highest BCUT2D eigenvalue weighted by Crippen LogP contribution is 2.32. The number of nitrogens with zero attached hydrogens (tertiary/aromatic N) is 4. The van der Waals surface area contributed by atoms with Crippen molar-refractivity contribution in [3.63, 3.8) is 0 Å². The molecule has 3 rings (SSSR count). The van der Waals surface area contributed by atoms with Crippen LogP contribution in [-0.2, 0) is 4.79 Å². The molecule has 2 aromatic heterocycles. The van der Waals surface area contributed by atoms with Crippen molar-refractivity contribution >= 4 is 34.7 Å². The normalized spacial score (nSPS) is 12.2. The molecule has 0 aliphatic carbocycles. The molecule has 11 heteroatoms. The summed E-state index contributed by atoms with van der Waals surface area (Å²) >= 11 is 0. The van der Waals surface area contributed by atoms with Crippen LogP contribution in [0, 0.1) is 17.5 Å². The molecule has 1 atom stereocenters. The Bertz CT molecular complexity index is 1070. The number of benzene rings is 1. The fraction of sp³-hybridized carbons (Fsp3) is 0.400. The lowest BCUT2D eigenvalue weighted by atomic mass is 10.1. The summed E-state index contributed by atoms with van der Waals surface area (Å²) in [7, 11) is 0. The quantitative estimate of drug-likeness (QED) is 0.426. The van der Waals surface area contributed by atoms with Crippen molar-refractivity contribution in [3.8, 4) is 0 Å². The average Bonchev–Trinajstić information content (AvgIpc) is 3.07. The van der Waals surface area contributed by atoms with Gasteiger partial charge in [-0.25, -0.2) is 23.1 Å². The lowest BCUT2D eigenvalue weighted by Crippen LogP contribution is -2.15. The molecule has 0 radical (unpaired) electrons. The SMILES string of the molecule is CCCNc1ncc2nc(Nc3c(F)cc(F)cc3F)n([C@@H](CC)CCC(=O)O)c2n1. The zero-order valence-corrected chi connectivity index (χ0v) is 17.1. The predicted molar refractivity (Wildman–Crippen MR) is 110 cm³/mol. The molecule has 0 bridgehead atoms. The van der Waals surface area contributed by atoms with E-state index < -0.39 is 29.1 Å². The van der Waals surface area contributed by atoms with Crippen LogP contribution in [0.25, 0.3) is 11.2 Å². The van der Waals surface area contributed by atoms with Crippen molar-refractivity contribution < 1.29 is 23.1 Å². The number of anilines is 3. The van der Waals surface area contributed by atoms with Gasteiger partial charge in [0.25, 0.3) is 0 Å². The number of hydrogen-bond donors (Lipinski definition) is 3. The summed E-state index contributed by atoms with van der Waals surface area (Å²) in [4.78, 5) is 24.1. The molecule has 0 spiro atoms. The maximum atomic E-state index is 14.2. The predicted octanol–water partition coefficient (Wildman–Crippen LogP) is 4.63. The van der Waals surface area contributed by atoms with Crippen LogP contribution in [0.5, 0.6) is 0 Å². The second-order valence-electron chi connectivity index (χ2n) is 7.00. The smallest absolute Gasteiger partial charge is 0.303 e. The van der Waals surface area contributed by atoms with Crippen molar-refractivity contribution in [2.75, 3.05) is 17.2 Å². The van der Waals surface area contributed by atoms with Gasteiger partial charge in [0.2, 0.25) is 11.9 Å². The maximum absolute atomic E-state index is 14.2. The number of imidazole rings is 1. The summed E-state index contributed by atoms with van der Waals surface area (Å²) in [6.45, 7) is 4.49. The summed E-state index contributed by atoms with van der Waals surface area (Å²) in [5.41, 5.74) is 0.181. The van der Waals surface area contributed by atoms with E-state index in [2.05, 4.69) is 25.6 Å². The zero-order chi connectivity index (χ0) is 22.5. The number of fused-ring (bicyclic) bond motifs is 1. The average molecular weight is 436 g/mol. The summed E-state index contributed by atoms with van der Waals surface area (Å²) in [6.07, 6.45) is 2.99. The Hall–Kier alpha value is -3.37. The van der Waals surface area contributed by atoms with Gasteiger partial charge in [0.15, 0.2) is 17.3 Å². The lowest BCUT2D eigenvalue weighted by molar-refractivity contribution is -0.137. The molecule has 2 heterocycles. The van der Waals surface area contributed by atoms with Crippen LogP contribution < -0.4 is 10.6 Å². The van der Waals surface area contributed by atoms with Crippen LogP contribution in [0.2, 0.25) is 0 Å². The number of aromatic nitrogens is 4. The molecule has 0 saturated heterocycles. The third-order valence-corrected chi connectivity index (χ3v) is 4.74. The standard InChI is InChI=1S/C20H23F3N6O2/c1-3-7-24-19-25-10-15-18(28-19)29(12(4-2)5-6-16(30)31)20(26-15)27-17-13(22)8-11(21)9-14(17)23/h8-10,12H,3-7H2,1-2H3,(H,26,27)(H,30,31)(H,24,25,28)/t12-/m0/s1. The fourth-order valence-corrected chi connectivity index (χ4v) is 3.23. The van der Waals surface area contributed by atoms with Crippen LogP contribution in [0.15, 0.2) is 18.3 Å². The Balaban J connectivity index is 2.11. The van der Waals surface area contributed by atoms with Crippen LogP contribution in [0.4, 0.5) is 30.8 Å². The van der Waals surface area contributed by atoms with Crippen LogP contribution >= 0.6 is 0 Å². The third-order valence-electron chi connectivity index (χ3n) is 4.74. The highest BCUT2D eigenvalue weighted by atomic mass is 19.1. The van der Waals surface area contributed by atoms with E-state index in [-0.39, 0.29) is 24.8 Å². The van der Waals surface area contributed by atoms with Gasteiger partial charge in [-0.3, -0.25) is 9.36 Å². The molecular weight excluding hydrogens is 413 g/mol. The van der Waals surface area contributed by atoms with Crippen LogP contribution in [-0.4, -0.2) is 37.1 Å². The third kappa shape index (κ3) is 5.04. The first-order valence-corrected chi connectivity index (χ1v) is 9.96. The van der Waals surface area contributed by atoms with E-state index in [4.69, 9.17) is 5.11 Å². The maximum Gasteiger partial charge on any atom is 0.303 e. The Morgan fingerprint density at radius 3 is 2.52 bits per heavy atom. The Labute approximate surface area is 176 Å². The van der Waals surface area contributed by atoms with Crippen molar-refractivity contribution in [2.24, 2.45) is 0 Å². The van der Waals surface area contributed by atoms with Crippen LogP contribution in [0.1, 0.15) is 45.6 Å². The number of rotatable bonds is 10. The molecule has 166 valence electrons. The molecule has 0 aliphatic heterocycles. The summed E-state index contributed by atoms with van der Waals surface area (Å²) in [6, 6.07) is 0.753. The molecule has 0 aliphatic rings. The van der Waals surface area contributed by atoms with E-state index in [9.17, 15) is 18.0 Å². The fourth-order valence-electron chi connectivity index (χ4n) is 3.23. The van der Waals surface area contributed by atoms with E-state index in [0.717, 1.165) is 6.42 Å². The van der Waals surface area contributed by atoms with Crippen molar-refractivity contribution in [2.45, 2.75) is 45.6 Å². The molecule has 0 fully saturated rings. The Kier molecular flexibility index (Phi) is 6.93. The number of halogens is 3. The molecular formula is C20H23F3N6O2. The minimum atomic E-state index is -1.12. The monoisotopic (exact) mass is 436 g/mol. The molecule has 8 nitrogen and oxygen atoms in total. The molecule has 31 heavy (non-hydrogen) atoms. The summed E-state index contributed by atoms with van der Waals surface area (Å²) < 4.78 is 43.4. The molecule has 0 unspecified atom stereocenters. The number of aliphatic carboxylic acids is 1. The number of hydrogen-bond acceptors (Lipinski definition) is 6. The van der Waals surface area contributed by atoms with Crippen molar-refractivity contribution in [3.05, 3.63) is 35.8 Å². The minimum absolute atomic E-state index is 0.0542. The first kappa shape index (κ1) is 22.3. The first-order valence-electron chi connectivity index (χ1n) is 9.96. The van der Waals surface area contributed by atoms with Gasteiger partial charge in [-0.2, -0.15) is 4.98 Å². The minimum Gasteiger partial charge on any atom is -0.481 e. The van der Waals surface area contributed by atoms with Gasteiger partial charge in [-0.1, -0.05) is 13.8 Å². The van der Waals surface area contributed by atoms with Gasteiger partial charge in [-0.05, 0) is 19.3 Å². The largest absolute Gasteiger partial charge is 0.481 e. The van der Waals surface area contributed by atoms with E-state index >= 15 is 0 Å². The van der Waals surface area contributed by atoms with Gasteiger partial charge in [0, 0.05) is 31.1 Å². The van der Waals surface area contributed by atoms with E-state index in [1.807, 2.05) is 13.8 Å². The van der Waals surface area contributed by atoms with Gasteiger partial charge in [-0.15, -0.1) is 0 Å². The molecule has 0 saturated carbocycles. The topological polar surface area (TPSA) is 105 Å². The molecule has 1 aromatic carbocycles. The number of carboxylic acids is 1. The van der Waals surface area contributed by atoms with Crippen molar-refractivity contribution in [1.82, 2.24) is 19.5 Å². The van der Waals surface area contributed by atoms with Gasteiger partial charge >= 0.3 is 5.97 Å². The van der Waals surface area contributed by atoms with Gasteiger partial charge in [0.1, 0.15) is 17.0 Å². The lowest BCUT2D eigenvalue weighted by Gasteiger charge is -2.20. The zero-order valence-electron chi connectivity index (χ0n) is 17.1. The van der Waals surface area contributed by atoms with E-state index in [0.29, 0.717) is 42.2 Å². The first-order chi connectivity index (χ1) is 14.8. The molecule has 0 amide bonds.